The van der Waals surface area contributed by atoms with Crippen LogP contribution < -0.4 is 10.1 Å². The van der Waals surface area contributed by atoms with E-state index in [2.05, 4.69) is 5.32 Å². The van der Waals surface area contributed by atoms with Crippen LogP contribution in [0.3, 0.4) is 0 Å². The minimum Gasteiger partial charge on any atom is -0.482 e. The molecule has 2 rings (SSSR count). The summed E-state index contributed by atoms with van der Waals surface area (Å²) in [7, 11) is 0. The number of carbonyl (C=O) groups is 2. The van der Waals surface area contributed by atoms with Gasteiger partial charge in [0.15, 0.2) is 12.7 Å². The van der Waals surface area contributed by atoms with Gasteiger partial charge < -0.3 is 14.8 Å². The average molecular weight is 345 g/mol. The molecule has 0 saturated carbocycles. The van der Waals surface area contributed by atoms with Crippen molar-refractivity contribution in [2.24, 2.45) is 0 Å². The number of hydrogen-bond donors (Lipinski definition) is 1. The first-order valence-corrected chi connectivity index (χ1v) is 7.95. The van der Waals surface area contributed by atoms with Crippen LogP contribution in [-0.2, 0) is 20.7 Å². The molecule has 0 aliphatic carbocycles. The van der Waals surface area contributed by atoms with E-state index in [1.54, 1.807) is 12.1 Å². The fourth-order valence-corrected chi connectivity index (χ4v) is 2.03. The maximum Gasteiger partial charge on any atom is 0.344 e. The van der Waals surface area contributed by atoms with Crippen molar-refractivity contribution in [3.63, 3.8) is 0 Å². The Morgan fingerprint density at radius 3 is 2.32 bits per heavy atom. The first-order valence-electron chi connectivity index (χ1n) is 7.95. The van der Waals surface area contributed by atoms with E-state index in [1.807, 2.05) is 19.1 Å². The van der Waals surface area contributed by atoms with Gasteiger partial charge in [0, 0.05) is 5.69 Å². The lowest BCUT2D eigenvalue weighted by atomic mass is 10.2. The molecule has 1 amide bonds. The third-order valence-electron chi connectivity index (χ3n) is 3.48. The van der Waals surface area contributed by atoms with Crippen LogP contribution in [0.2, 0.25) is 0 Å². The van der Waals surface area contributed by atoms with Gasteiger partial charge >= 0.3 is 5.97 Å². The number of amides is 1. The first kappa shape index (κ1) is 18.4. The third-order valence-corrected chi connectivity index (χ3v) is 3.48. The summed E-state index contributed by atoms with van der Waals surface area (Å²) < 4.78 is 23.2. The lowest BCUT2D eigenvalue weighted by molar-refractivity contribution is -0.155. The number of hydrogen-bond acceptors (Lipinski definition) is 4. The number of aryl methyl sites for hydroxylation is 1. The summed E-state index contributed by atoms with van der Waals surface area (Å²) in [5.41, 5.74) is 1.59. The lowest BCUT2D eigenvalue weighted by Crippen LogP contribution is -2.31. The van der Waals surface area contributed by atoms with Gasteiger partial charge in [-0.25, -0.2) is 9.18 Å². The number of carbonyl (C=O) groups excluding carboxylic acids is 2. The van der Waals surface area contributed by atoms with Gasteiger partial charge in [0.2, 0.25) is 0 Å². The minimum absolute atomic E-state index is 0.292. The summed E-state index contributed by atoms with van der Waals surface area (Å²) in [5.74, 6) is -1.01. The number of benzene rings is 2. The van der Waals surface area contributed by atoms with Crippen LogP contribution in [0.5, 0.6) is 5.75 Å². The summed E-state index contributed by atoms with van der Waals surface area (Å²) >= 11 is 0. The van der Waals surface area contributed by atoms with Gasteiger partial charge in [-0.2, -0.15) is 0 Å². The molecule has 0 spiro atoms. The van der Waals surface area contributed by atoms with E-state index in [4.69, 9.17) is 9.47 Å². The Kier molecular flexibility index (Phi) is 6.51. The molecule has 0 aromatic heterocycles. The summed E-state index contributed by atoms with van der Waals surface area (Å²) in [5, 5.41) is 2.54. The van der Waals surface area contributed by atoms with Crippen molar-refractivity contribution < 1.29 is 23.5 Å². The number of nitrogens with one attached hydrogen (secondary N) is 1. The van der Waals surface area contributed by atoms with Crippen LogP contribution >= 0.6 is 0 Å². The van der Waals surface area contributed by atoms with Crippen LogP contribution in [-0.4, -0.2) is 24.6 Å². The van der Waals surface area contributed by atoms with Crippen LogP contribution in [0.25, 0.3) is 0 Å². The summed E-state index contributed by atoms with van der Waals surface area (Å²) in [6.07, 6.45) is -0.0770. The Labute approximate surface area is 145 Å². The molecule has 0 radical (unpaired) electrons. The van der Waals surface area contributed by atoms with Gasteiger partial charge in [-0.3, -0.25) is 4.79 Å². The predicted molar refractivity (Wildman–Crippen MR) is 91.9 cm³/mol. The van der Waals surface area contributed by atoms with Gasteiger partial charge in [-0.15, -0.1) is 0 Å². The number of ether oxygens (including phenoxy) is 2. The fourth-order valence-electron chi connectivity index (χ4n) is 2.03. The SMILES string of the molecule is CCc1ccc(OCC(=O)O[C@@H](C)C(=O)Nc2ccc(F)cc2)cc1. The molecule has 0 unspecified atom stereocenters. The number of anilines is 1. The molecule has 0 saturated heterocycles. The molecule has 1 N–H and O–H groups in total. The van der Waals surface area contributed by atoms with E-state index < -0.39 is 23.8 Å². The van der Waals surface area contributed by atoms with Gasteiger partial charge in [0.05, 0.1) is 0 Å². The summed E-state index contributed by atoms with van der Waals surface area (Å²) in [6.45, 7) is 3.21. The molecule has 5 nitrogen and oxygen atoms in total. The first-order chi connectivity index (χ1) is 12.0. The molecule has 0 aliphatic heterocycles. The Balaban J connectivity index is 1.78. The summed E-state index contributed by atoms with van der Waals surface area (Å²) in [4.78, 5) is 23.7. The largest absolute Gasteiger partial charge is 0.482 e. The molecule has 0 fully saturated rings. The Morgan fingerprint density at radius 2 is 1.72 bits per heavy atom. The van der Waals surface area contributed by atoms with Crippen molar-refractivity contribution >= 4 is 17.6 Å². The highest BCUT2D eigenvalue weighted by molar-refractivity contribution is 5.95. The van der Waals surface area contributed by atoms with Gasteiger partial charge in [-0.1, -0.05) is 19.1 Å². The monoisotopic (exact) mass is 345 g/mol. The minimum atomic E-state index is -0.997. The smallest absolute Gasteiger partial charge is 0.344 e. The number of halogens is 1. The van der Waals surface area contributed by atoms with Gasteiger partial charge in [0.25, 0.3) is 5.91 Å². The summed E-state index contributed by atoms with van der Waals surface area (Å²) in [6, 6.07) is 12.7. The second kappa shape index (κ2) is 8.82. The fraction of sp³-hybridized carbons (Fsp3) is 0.263. The normalized spacial score (nSPS) is 11.5. The van der Waals surface area contributed by atoms with E-state index >= 15 is 0 Å². The van der Waals surface area contributed by atoms with E-state index in [0.29, 0.717) is 11.4 Å². The Hall–Kier alpha value is -2.89. The molecule has 25 heavy (non-hydrogen) atoms. The molecule has 6 heteroatoms. The second-order valence-corrected chi connectivity index (χ2v) is 5.41. The molecule has 0 aliphatic rings. The van der Waals surface area contributed by atoms with Crippen LogP contribution in [0.4, 0.5) is 10.1 Å². The van der Waals surface area contributed by atoms with Crippen molar-refractivity contribution in [1.29, 1.82) is 0 Å². The average Bonchev–Trinajstić information content (AvgIpc) is 2.62. The van der Waals surface area contributed by atoms with Crippen molar-refractivity contribution in [3.8, 4) is 5.75 Å². The van der Waals surface area contributed by atoms with E-state index in [-0.39, 0.29) is 6.61 Å². The van der Waals surface area contributed by atoms with Crippen molar-refractivity contribution in [2.75, 3.05) is 11.9 Å². The highest BCUT2D eigenvalue weighted by Crippen LogP contribution is 2.13. The zero-order valence-corrected chi connectivity index (χ0v) is 14.1. The van der Waals surface area contributed by atoms with E-state index in [0.717, 1.165) is 6.42 Å². The molecular weight excluding hydrogens is 325 g/mol. The van der Waals surface area contributed by atoms with Crippen molar-refractivity contribution in [1.82, 2.24) is 0 Å². The second-order valence-electron chi connectivity index (χ2n) is 5.41. The van der Waals surface area contributed by atoms with Crippen molar-refractivity contribution in [2.45, 2.75) is 26.4 Å². The molecule has 2 aromatic carbocycles. The molecular formula is C19H20FNO4. The molecule has 1 atom stereocenters. The highest BCUT2D eigenvalue weighted by atomic mass is 19.1. The maximum absolute atomic E-state index is 12.8. The van der Waals surface area contributed by atoms with Gasteiger partial charge in [-0.05, 0) is 55.3 Å². The lowest BCUT2D eigenvalue weighted by Gasteiger charge is -2.14. The third kappa shape index (κ3) is 5.91. The van der Waals surface area contributed by atoms with E-state index in [9.17, 15) is 14.0 Å². The quantitative estimate of drug-likeness (QED) is 0.782. The zero-order chi connectivity index (χ0) is 18.2. The Bertz CT molecular complexity index is 713. The van der Waals surface area contributed by atoms with Crippen LogP contribution in [0.1, 0.15) is 19.4 Å². The van der Waals surface area contributed by atoms with Gasteiger partial charge in [0.1, 0.15) is 11.6 Å². The molecule has 2 aromatic rings. The van der Waals surface area contributed by atoms with Crippen LogP contribution in [0, 0.1) is 5.82 Å². The van der Waals surface area contributed by atoms with Crippen molar-refractivity contribution in [3.05, 3.63) is 59.9 Å². The van der Waals surface area contributed by atoms with Crippen LogP contribution in [0.15, 0.2) is 48.5 Å². The molecule has 132 valence electrons. The standard InChI is InChI=1S/C19H20FNO4/c1-3-14-4-10-17(11-5-14)24-12-18(22)25-13(2)19(23)21-16-8-6-15(20)7-9-16/h4-11,13H,3,12H2,1-2H3,(H,21,23)/t13-/m0/s1. The number of rotatable bonds is 7. The predicted octanol–water partition coefficient (Wildman–Crippen LogP) is 3.34. The molecule has 0 heterocycles. The highest BCUT2D eigenvalue weighted by Gasteiger charge is 2.18. The topological polar surface area (TPSA) is 64.6 Å². The Morgan fingerprint density at radius 1 is 1.08 bits per heavy atom. The maximum atomic E-state index is 12.8. The number of esters is 1. The van der Waals surface area contributed by atoms with E-state index in [1.165, 1.54) is 36.8 Å². The molecule has 0 bridgehead atoms. The zero-order valence-electron chi connectivity index (χ0n) is 14.1.